The van der Waals surface area contributed by atoms with Crippen LogP contribution in [0.2, 0.25) is 0 Å². The Morgan fingerprint density at radius 3 is 2.62 bits per heavy atom. The SMILES string of the molecule is COc1cc(N)ccc1NC(=O)CN(C)CCCN(C)C. The van der Waals surface area contributed by atoms with Gasteiger partial charge in [0.05, 0.1) is 19.3 Å². The summed E-state index contributed by atoms with van der Waals surface area (Å²) in [5.41, 5.74) is 6.93. The van der Waals surface area contributed by atoms with E-state index in [2.05, 4.69) is 10.2 Å². The Balaban J connectivity index is 2.46. The second-order valence-electron chi connectivity index (χ2n) is 5.40. The van der Waals surface area contributed by atoms with Crippen LogP contribution in [0.3, 0.4) is 0 Å². The highest BCUT2D eigenvalue weighted by atomic mass is 16.5. The number of carbonyl (C=O) groups is 1. The number of nitrogen functional groups attached to an aromatic ring is 1. The zero-order valence-corrected chi connectivity index (χ0v) is 13.3. The van der Waals surface area contributed by atoms with Crippen molar-refractivity contribution in [1.29, 1.82) is 0 Å². The van der Waals surface area contributed by atoms with Crippen molar-refractivity contribution in [2.45, 2.75) is 6.42 Å². The van der Waals surface area contributed by atoms with Crippen LogP contribution in [0.25, 0.3) is 0 Å². The molecule has 0 saturated carbocycles. The molecule has 6 nitrogen and oxygen atoms in total. The van der Waals surface area contributed by atoms with Gasteiger partial charge < -0.3 is 20.7 Å². The van der Waals surface area contributed by atoms with E-state index in [0.29, 0.717) is 23.7 Å². The van der Waals surface area contributed by atoms with Gasteiger partial charge in [0.15, 0.2) is 0 Å². The van der Waals surface area contributed by atoms with Crippen molar-refractivity contribution < 1.29 is 9.53 Å². The maximum absolute atomic E-state index is 12.0. The maximum Gasteiger partial charge on any atom is 0.238 e. The number of rotatable bonds is 8. The summed E-state index contributed by atoms with van der Waals surface area (Å²) in [4.78, 5) is 16.2. The van der Waals surface area contributed by atoms with Gasteiger partial charge in [-0.25, -0.2) is 0 Å². The number of benzene rings is 1. The number of anilines is 2. The molecular weight excluding hydrogens is 268 g/mol. The van der Waals surface area contributed by atoms with Crippen LogP contribution in [0.4, 0.5) is 11.4 Å². The molecule has 1 amide bonds. The molecule has 1 aromatic carbocycles. The van der Waals surface area contributed by atoms with Gasteiger partial charge in [-0.3, -0.25) is 9.69 Å². The predicted molar refractivity (Wildman–Crippen MR) is 86.7 cm³/mol. The van der Waals surface area contributed by atoms with Gasteiger partial charge in [-0.1, -0.05) is 0 Å². The van der Waals surface area contributed by atoms with Crippen molar-refractivity contribution >= 4 is 17.3 Å². The molecule has 0 heterocycles. The van der Waals surface area contributed by atoms with Crippen LogP contribution < -0.4 is 15.8 Å². The van der Waals surface area contributed by atoms with E-state index in [9.17, 15) is 4.79 Å². The van der Waals surface area contributed by atoms with Crippen LogP contribution >= 0.6 is 0 Å². The smallest absolute Gasteiger partial charge is 0.238 e. The van der Waals surface area contributed by atoms with Crippen LogP contribution in [-0.4, -0.2) is 63.6 Å². The van der Waals surface area contributed by atoms with Crippen LogP contribution in [0, 0.1) is 0 Å². The normalized spacial score (nSPS) is 11.0. The molecule has 0 aliphatic heterocycles. The second-order valence-corrected chi connectivity index (χ2v) is 5.40. The number of hydrogen-bond donors (Lipinski definition) is 2. The van der Waals surface area contributed by atoms with Crippen LogP contribution in [0.1, 0.15) is 6.42 Å². The number of amides is 1. The number of ether oxygens (including phenoxy) is 1. The molecule has 0 radical (unpaired) electrons. The van der Waals surface area contributed by atoms with E-state index in [1.165, 1.54) is 0 Å². The summed E-state index contributed by atoms with van der Waals surface area (Å²) in [6, 6.07) is 5.17. The number of nitrogens with zero attached hydrogens (tertiary/aromatic N) is 2. The summed E-state index contributed by atoms with van der Waals surface area (Å²) in [6.07, 6.45) is 1.03. The first-order valence-electron chi connectivity index (χ1n) is 6.99. The Labute approximate surface area is 126 Å². The van der Waals surface area contributed by atoms with Gasteiger partial charge in [0.2, 0.25) is 5.91 Å². The van der Waals surface area contributed by atoms with Crippen LogP contribution in [-0.2, 0) is 4.79 Å². The van der Waals surface area contributed by atoms with Gasteiger partial charge in [-0.2, -0.15) is 0 Å². The zero-order valence-electron chi connectivity index (χ0n) is 13.3. The average molecular weight is 294 g/mol. The molecule has 0 aromatic heterocycles. The zero-order chi connectivity index (χ0) is 15.8. The van der Waals surface area contributed by atoms with E-state index in [-0.39, 0.29) is 5.91 Å². The highest BCUT2D eigenvalue weighted by Gasteiger charge is 2.10. The number of carbonyl (C=O) groups excluding carboxylic acids is 1. The number of nitrogens with one attached hydrogen (secondary N) is 1. The predicted octanol–water partition coefficient (Wildman–Crippen LogP) is 1.10. The Bertz CT molecular complexity index is 463. The van der Waals surface area contributed by atoms with Gasteiger partial charge in [-0.15, -0.1) is 0 Å². The standard InChI is InChI=1S/C15H26N4O2/c1-18(2)8-5-9-19(3)11-15(20)17-13-7-6-12(16)10-14(13)21-4/h6-7,10H,5,8-9,11,16H2,1-4H3,(H,17,20). The molecule has 0 spiro atoms. The van der Waals surface area contributed by atoms with Gasteiger partial charge in [0.1, 0.15) is 5.75 Å². The minimum absolute atomic E-state index is 0.0644. The first-order chi connectivity index (χ1) is 9.92. The molecule has 0 fully saturated rings. The lowest BCUT2D eigenvalue weighted by atomic mass is 10.2. The van der Waals surface area contributed by atoms with Crippen molar-refractivity contribution in [2.75, 3.05) is 58.9 Å². The fourth-order valence-corrected chi connectivity index (χ4v) is 1.98. The molecule has 0 bridgehead atoms. The maximum atomic E-state index is 12.0. The van der Waals surface area contributed by atoms with E-state index in [1.54, 1.807) is 25.3 Å². The first kappa shape index (κ1) is 17.3. The summed E-state index contributed by atoms with van der Waals surface area (Å²) >= 11 is 0. The van der Waals surface area contributed by atoms with Gasteiger partial charge in [0.25, 0.3) is 0 Å². The van der Waals surface area contributed by atoms with Gasteiger partial charge in [0, 0.05) is 11.8 Å². The average Bonchev–Trinajstić information content (AvgIpc) is 2.40. The molecule has 21 heavy (non-hydrogen) atoms. The molecule has 6 heteroatoms. The van der Waals surface area contributed by atoms with Crippen molar-refractivity contribution in [3.63, 3.8) is 0 Å². The third-order valence-corrected chi connectivity index (χ3v) is 3.06. The molecule has 0 aliphatic carbocycles. The summed E-state index contributed by atoms with van der Waals surface area (Å²) in [7, 11) is 7.58. The van der Waals surface area contributed by atoms with Crippen molar-refractivity contribution in [3.05, 3.63) is 18.2 Å². The second kappa shape index (κ2) is 8.49. The van der Waals surface area contributed by atoms with E-state index in [4.69, 9.17) is 10.5 Å². The summed E-state index contributed by atoms with van der Waals surface area (Å²) < 4.78 is 5.21. The topological polar surface area (TPSA) is 70.8 Å². The van der Waals surface area contributed by atoms with Crippen LogP contribution in [0.15, 0.2) is 18.2 Å². The summed E-state index contributed by atoms with van der Waals surface area (Å²) in [6.45, 7) is 2.24. The van der Waals surface area contributed by atoms with E-state index < -0.39 is 0 Å². The Morgan fingerprint density at radius 2 is 2.00 bits per heavy atom. The quantitative estimate of drug-likeness (QED) is 0.703. The molecule has 0 aliphatic rings. The monoisotopic (exact) mass is 294 g/mol. The van der Waals surface area contributed by atoms with Gasteiger partial charge >= 0.3 is 0 Å². The van der Waals surface area contributed by atoms with E-state index >= 15 is 0 Å². The minimum atomic E-state index is -0.0644. The Hall–Kier alpha value is -1.79. The highest BCUT2D eigenvalue weighted by Crippen LogP contribution is 2.26. The fourth-order valence-electron chi connectivity index (χ4n) is 1.98. The third kappa shape index (κ3) is 6.46. The van der Waals surface area contributed by atoms with E-state index in [0.717, 1.165) is 19.5 Å². The van der Waals surface area contributed by atoms with E-state index in [1.807, 2.05) is 26.0 Å². The Morgan fingerprint density at radius 1 is 1.29 bits per heavy atom. The van der Waals surface area contributed by atoms with Crippen molar-refractivity contribution in [3.8, 4) is 5.75 Å². The lowest BCUT2D eigenvalue weighted by Gasteiger charge is -2.18. The van der Waals surface area contributed by atoms with Crippen molar-refractivity contribution in [1.82, 2.24) is 9.80 Å². The molecule has 3 N–H and O–H groups in total. The lowest BCUT2D eigenvalue weighted by Crippen LogP contribution is -2.32. The number of hydrogen-bond acceptors (Lipinski definition) is 5. The molecular formula is C15H26N4O2. The summed E-state index contributed by atoms with van der Waals surface area (Å²) in [5, 5.41) is 2.85. The molecule has 0 unspecified atom stereocenters. The number of methoxy groups -OCH3 is 1. The largest absolute Gasteiger partial charge is 0.494 e. The highest BCUT2D eigenvalue weighted by molar-refractivity contribution is 5.94. The molecule has 0 saturated heterocycles. The number of nitrogens with two attached hydrogens (primary N) is 1. The van der Waals surface area contributed by atoms with Crippen molar-refractivity contribution in [2.24, 2.45) is 0 Å². The minimum Gasteiger partial charge on any atom is -0.494 e. The molecule has 1 rings (SSSR count). The molecule has 1 aromatic rings. The number of likely N-dealkylation sites (N-methyl/N-ethyl adjacent to an activating group) is 1. The summed E-state index contributed by atoms with van der Waals surface area (Å²) in [5.74, 6) is 0.504. The third-order valence-electron chi connectivity index (χ3n) is 3.06. The lowest BCUT2D eigenvalue weighted by molar-refractivity contribution is -0.117. The molecule has 0 atom stereocenters. The molecule has 118 valence electrons. The fraction of sp³-hybridized carbons (Fsp3) is 0.533. The van der Waals surface area contributed by atoms with Crippen LogP contribution in [0.5, 0.6) is 5.75 Å². The van der Waals surface area contributed by atoms with Gasteiger partial charge in [-0.05, 0) is 52.8 Å². The Kier molecular flexibility index (Phi) is 6.98. The first-order valence-corrected chi connectivity index (χ1v) is 6.99.